The lowest BCUT2D eigenvalue weighted by Gasteiger charge is -2.11. The van der Waals surface area contributed by atoms with Gasteiger partial charge in [0.25, 0.3) is 5.91 Å². The highest BCUT2D eigenvalue weighted by molar-refractivity contribution is 6.02. The SMILES string of the molecule is CCOc1ccc(/C=C(\C#N)C(=O)NC2CC2)cc1OCC. The summed E-state index contributed by atoms with van der Waals surface area (Å²) in [7, 11) is 0. The van der Waals surface area contributed by atoms with Gasteiger partial charge in [0.2, 0.25) is 0 Å². The monoisotopic (exact) mass is 300 g/mol. The molecule has 0 aromatic heterocycles. The number of carbonyl (C=O) groups excluding carboxylic acids is 1. The molecule has 0 saturated heterocycles. The molecule has 1 saturated carbocycles. The minimum atomic E-state index is -0.322. The Hall–Kier alpha value is -2.48. The minimum Gasteiger partial charge on any atom is -0.490 e. The summed E-state index contributed by atoms with van der Waals surface area (Å²) in [5, 5.41) is 12.0. The molecule has 1 aromatic carbocycles. The van der Waals surface area contributed by atoms with E-state index in [-0.39, 0.29) is 17.5 Å². The molecule has 1 amide bonds. The highest BCUT2D eigenvalue weighted by Gasteiger charge is 2.24. The summed E-state index contributed by atoms with van der Waals surface area (Å²) in [6.45, 7) is 4.85. The molecule has 0 aliphatic heterocycles. The molecule has 5 nitrogen and oxygen atoms in total. The van der Waals surface area contributed by atoms with Crippen molar-refractivity contribution in [2.24, 2.45) is 0 Å². The van der Waals surface area contributed by atoms with Crippen LogP contribution in [0.2, 0.25) is 0 Å². The van der Waals surface area contributed by atoms with E-state index in [1.807, 2.05) is 19.9 Å². The van der Waals surface area contributed by atoms with Crippen LogP contribution < -0.4 is 14.8 Å². The Kier molecular flexibility index (Phi) is 5.42. The van der Waals surface area contributed by atoms with Crippen molar-refractivity contribution in [1.82, 2.24) is 5.32 Å². The van der Waals surface area contributed by atoms with E-state index in [1.165, 1.54) is 0 Å². The van der Waals surface area contributed by atoms with Crippen molar-refractivity contribution in [1.29, 1.82) is 5.26 Å². The Morgan fingerprint density at radius 3 is 2.59 bits per heavy atom. The summed E-state index contributed by atoms with van der Waals surface area (Å²) in [6, 6.07) is 7.54. The lowest BCUT2D eigenvalue weighted by atomic mass is 10.1. The van der Waals surface area contributed by atoms with Gasteiger partial charge in [0, 0.05) is 6.04 Å². The van der Waals surface area contributed by atoms with Crippen LogP contribution in [-0.4, -0.2) is 25.2 Å². The van der Waals surface area contributed by atoms with Gasteiger partial charge in [-0.05, 0) is 50.5 Å². The second-order valence-electron chi connectivity index (χ2n) is 4.99. The summed E-state index contributed by atoms with van der Waals surface area (Å²) < 4.78 is 11.0. The Balaban J connectivity index is 2.22. The number of hydrogen-bond acceptors (Lipinski definition) is 4. The van der Waals surface area contributed by atoms with Gasteiger partial charge in [-0.1, -0.05) is 6.07 Å². The predicted molar refractivity (Wildman–Crippen MR) is 83.5 cm³/mol. The molecule has 0 unspecified atom stereocenters. The Labute approximate surface area is 130 Å². The molecule has 0 bridgehead atoms. The van der Waals surface area contributed by atoms with E-state index in [0.29, 0.717) is 24.7 Å². The van der Waals surface area contributed by atoms with E-state index in [0.717, 1.165) is 18.4 Å². The number of hydrogen-bond donors (Lipinski definition) is 1. The molecule has 1 N–H and O–H groups in total. The fourth-order valence-electron chi connectivity index (χ4n) is 1.96. The molecule has 0 spiro atoms. The molecule has 1 aliphatic rings. The number of nitrogens with one attached hydrogen (secondary N) is 1. The zero-order valence-electron chi connectivity index (χ0n) is 12.9. The van der Waals surface area contributed by atoms with E-state index in [9.17, 15) is 4.79 Å². The van der Waals surface area contributed by atoms with Gasteiger partial charge in [-0.15, -0.1) is 0 Å². The number of benzene rings is 1. The van der Waals surface area contributed by atoms with Crippen molar-refractivity contribution in [3.8, 4) is 17.6 Å². The normalized spacial score (nSPS) is 14.1. The Morgan fingerprint density at radius 1 is 1.32 bits per heavy atom. The van der Waals surface area contributed by atoms with Crippen LogP contribution in [0.5, 0.6) is 11.5 Å². The third kappa shape index (κ3) is 4.26. The molecule has 1 fully saturated rings. The van der Waals surface area contributed by atoms with Crippen molar-refractivity contribution in [3.05, 3.63) is 29.3 Å². The number of carbonyl (C=O) groups is 1. The molecule has 1 aromatic rings. The summed E-state index contributed by atoms with van der Waals surface area (Å²) >= 11 is 0. The molecule has 22 heavy (non-hydrogen) atoms. The van der Waals surface area contributed by atoms with Gasteiger partial charge in [-0.25, -0.2) is 0 Å². The summed E-state index contributed by atoms with van der Waals surface area (Å²) in [4.78, 5) is 12.0. The van der Waals surface area contributed by atoms with Gasteiger partial charge >= 0.3 is 0 Å². The van der Waals surface area contributed by atoms with Crippen LogP contribution in [0.25, 0.3) is 6.08 Å². The number of rotatable bonds is 7. The average Bonchev–Trinajstić information content (AvgIpc) is 3.31. The van der Waals surface area contributed by atoms with Crippen LogP contribution in [0.15, 0.2) is 23.8 Å². The number of nitrogens with zero attached hydrogens (tertiary/aromatic N) is 1. The van der Waals surface area contributed by atoms with E-state index < -0.39 is 0 Å². The first-order valence-corrected chi connectivity index (χ1v) is 7.50. The van der Waals surface area contributed by atoms with E-state index in [1.54, 1.807) is 24.3 Å². The standard InChI is InChI=1S/C17H20N2O3/c1-3-21-15-8-5-12(10-16(15)22-4-2)9-13(11-18)17(20)19-14-6-7-14/h5,8-10,14H,3-4,6-7H2,1-2H3,(H,19,20)/b13-9+. The van der Waals surface area contributed by atoms with Gasteiger partial charge < -0.3 is 14.8 Å². The third-order valence-corrected chi connectivity index (χ3v) is 3.16. The molecule has 0 heterocycles. The molecular weight excluding hydrogens is 280 g/mol. The maximum Gasteiger partial charge on any atom is 0.262 e. The number of ether oxygens (including phenoxy) is 2. The van der Waals surface area contributed by atoms with Crippen LogP contribution in [0.1, 0.15) is 32.3 Å². The third-order valence-electron chi connectivity index (χ3n) is 3.16. The van der Waals surface area contributed by atoms with Gasteiger partial charge in [0.05, 0.1) is 13.2 Å². The first kappa shape index (κ1) is 15.9. The number of nitriles is 1. The topological polar surface area (TPSA) is 71.3 Å². The Morgan fingerprint density at radius 2 is 2.00 bits per heavy atom. The Bertz CT molecular complexity index is 613. The smallest absolute Gasteiger partial charge is 0.262 e. The molecule has 116 valence electrons. The van der Waals surface area contributed by atoms with Gasteiger partial charge in [0.15, 0.2) is 11.5 Å². The van der Waals surface area contributed by atoms with Crippen molar-refractivity contribution >= 4 is 12.0 Å². The summed E-state index contributed by atoms with van der Waals surface area (Å²) in [6.07, 6.45) is 3.54. The summed E-state index contributed by atoms with van der Waals surface area (Å²) in [5.74, 6) is 0.942. The molecule has 1 aliphatic carbocycles. The van der Waals surface area contributed by atoms with Crippen molar-refractivity contribution < 1.29 is 14.3 Å². The lowest BCUT2D eigenvalue weighted by Crippen LogP contribution is -2.26. The quantitative estimate of drug-likeness (QED) is 0.621. The fourth-order valence-corrected chi connectivity index (χ4v) is 1.96. The molecule has 0 atom stereocenters. The predicted octanol–water partition coefficient (Wildman–Crippen LogP) is 2.67. The van der Waals surface area contributed by atoms with Crippen molar-refractivity contribution in [2.75, 3.05) is 13.2 Å². The molecule has 2 rings (SSSR count). The highest BCUT2D eigenvalue weighted by Crippen LogP contribution is 2.29. The van der Waals surface area contributed by atoms with Gasteiger partial charge in [-0.2, -0.15) is 5.26 Å². The average molecular weight is 300 g/mol. The lowest BCUT2D eigenvalue weighted by molar-refractivity contribution is -0.117. The minimum absolute atomic E-state index is 0.0958. The van der Waals surface area contributed by atoms with Gasteiger partial charge in [0.1, 0.15) is 11.6 Å². The van der Waals surface area contributed by atoms with Crippen LogP contribution in [0.4, 0.5) is 0 Å². The van der Waals surface area contributed by atoms with Crippen LogP contribution in [-0.2, 0) is 4.79 Å². The molecule has 5 heteroatoms. The summed E-state index contributed by atoms with van der Waals surface area (Å²) in [5.41, 5.74) is 0.827. The van der Waals surface area contributed by atoms with Crippen LogP contribution in [0.3, 0.4) is 0 Å². The molecule has 0 radical (unpaired) electrons. The second-order valence-corrected chi connectivity index (χ2v) is 4.99. The maximum atomic E-state index is 12.0. The van der Waals surface area contributed by atoms with Crippen molar-refractivity contribution in [3.63, 3.8) is 0 Å². The highest BCUT2D eigenvalue weighted by atomic mass is 16.5. The van der Waals surface area contributed by atoms with E-state index in [2.05, 4.69) is 5.32 Å². The van der Waals surface area contributed by atoms with Crippen LogP contribution in [0, 0.1) is 11.3 Å². The fraction of sp³-hybridized carbons (Fsp3) is 0.412. The first-order valence-electron chi connectivity index (χ1n) is 7.50. The van der Waals surface area contributed by atoms with Crippen molar-refractivity contribution in [2.45, 2.75) is 32.7 Å². The maximum absolute atomic E-state index is 12.0. The van der Waals surface area contributed by atoms with E-state index in [4.69, 9.17) is 14.7 Å². The molecular formula is C17H20N2O3. The van der Waals surface area contributed by atoms with E-state index >= 15 is 0 Å². The van der Waals surface area contributed by atoms with Gasteiger partial charge in [-0.3, -0.25) is 4.79 Å². The largest absolute Gasteiger partial charge is 0.490 e. The first-order chi connectivity index (χ1) is 10.7. The number of amides is 1. The zero-order chi connectivity index (χ0) is 15.9. The zero-order valence-corrected chi connectivity index (χ0v) is 12.9. The van der Waals surface area contributed by atoms with Crippen LogP contribution >= 0.6 is 0 Å². The second kappa shape index (κ2) is 7.51.